The molecule has 2 aromatic carbocycles. The van der Waals surface area contributed by atoms with Gasteiger partial charge < -0.3 is 15.0 Å². The fourth-order valence-corrected chi connectivity index (χ4v) is 5.48. The zero-order valence-electron chi connectivity index (χ0n) is 18.8. The number of hydrogen-bond donors (Lipinski definition) is 1. The predicted octanol–water partition coefficient (Wildman–Crippen LogP) is 4.09. The van der Waals surface area contributed by atoms with Gasteiger partial charge in [-0.1, -0.05) is 0 Å². The average Bonchev–Trinajstić information content (AvgIpc) is 3.00. The molecular weight excluding hydrogens is 501 g/mol. The number of likely N-dealkylation sites (N-methyl/N-ethyl adjacent to an activating group) is 1. The fraction of sp³-hybridized carbons (Fsp3) is 0.304. The van der Waals surface area contributed by atoms with E-state index in [1.807, 2.05) is 0 Å². The molecule has 0 aliphatic carbocycles. The quantitative estimate of drug-likeness (QED) is 0.610. The number of nitrogens with one attached hydrogen (secondary N) is 1. The van der Waals surface area contributed by atoms with Crippen LogP contribution in [0.15, 0.2) is 41.3 Å². The second kappa shape index (κ2) is 8.73. The molecule has 4 rings (SSSR count). The van der Waals surface area contributed by atoms with E-state index in [1.165, 1.54) is 30.9 Å². The van der Waals surface area contributed by atoms with Crippen molar-refractivity contribution in [3.8, 4) is 11.8 Å². The summed E-state index contributed by atoms with van der Waals surface area (Å²) in [6.45, 7) is 3.25. The van der Waals surface area contributed by atoms with Gasteiger partial charge in [0.1, 0.15) is 11.3 Å². The standard InChI is InChI=1S/C23H19F3N4O3S2/c1-22(2)20(32)29(13-5-4-12(10-27)15(8-13)23(24,25)26)21(34)30(22)14-6-7-16-18(9-14)35-11-17(33-16)19(31)28-3/h4-9,17H,11H2,1-3H3,(H,28,31)/t17-/m1/s1. The molecule has 2 aromatic rings. The van der Waals surface area contributed by atoms with Crippen LogP contribution in [0.4, 0.5) is 24.5 Å². The monoisotopic (exact) mass is 520 g/mol. The van der Waals surface area contributed by atoms with E-state index in [0.29, 0.717) is 17.2 Å². The maximum atomic E-state index is 13.5. The molecule has 0 spiro atoms. The van der Waals surface area contributed by atoms with Gasteiger partial charge in [0.05, 0.1) is 27.8 Å². The summed E-state index contributed by atoms with van der Waals surface area (Å²) in [4.78, 5) is 28.6. The van der Waals surface area contributed by atoms with Crippen molar-refractivity contribution in [2.24, 2.45) is 0 Å². The van der Waals surface area contributed by atoms with E-state index in [4.69, 9.17) is 22.2 Å². The Morgan fingerprint density at radius 3 is 2.57 bits per heavy atom. The number of rotatable bonds is 3. The highest BCUT2D eigenvalue weighted by Gasteiger charge is 2.51. The van der Waals surface area contributed by atoms with Crippen molar-refractivity contribution in [3.05, 3.63) is 47.5 Å². The summed E-state index contributed by atoms with van der Waals surface area (Å²) < 4.78 is 46.3. The molecule has 0 bridgehead atoms. The Morgan fingerprint density at radius 2 is 1.94 bits per heavy atom. The van der Waals surface area contributed by atoms with Crippen LogP contribution in [0.2, 0.25) is 0 Å². The topological polar surface area (TPSA) is 85.7 Å². The van der Waals surface area contributed by atoms with Gasteiger partial charge in [-0.3, -0.25) is 14.5 Å². The highest BCUT2D eigenvalue weighted by Crippen LogP contribution is 2.43. The third-order valence-corrected chi connectivity index (χ3v) is 7.20. The third kappa shape index (κ3) is 4.19. The summed E-state index contributed by atoms with van der Waals surface area (Å²) in [6, 6.07) is 9.70. The number of benzene rings is 2. The number of nitriles is 1. The lowest BCUT2D eigenvalue weighted by Gasteiger charge is -2.31. The van der Waals surface area contributed by atoms with E-state index in [1.54, 1.807) is 36.9 Å². The molecule has 35 heavy (non-hydrogen) atoms. The Kier molecular flexibility index (Phi) is 6.19. The molecule has 7 nitrogen and oxygen atoms in total. The number of alkyl halides is 3. The van der Waals surface area contributed by atoms with Crippen molar-refractivity contribution >= 4 is 52.3 Å². The summed E-state index contributed by atoms with van der Waals surface area (Å²) in [5.74, 6) is 0.143. The number of fused-ring (bicyclic) bond motifs is 1. The number of amides is 2. The van der Waals surface area contributed by atoms with Gasteiger partial charge in [0.2, 0.25) is 0 Å². The lowest BCUT2D eigenvalue weighted by Crippen LogP contribution is -2.44. The molecule has 2 heterocycles. The molecule has 0 radical (unpaired) electrons. The van der Waals surface area contributed by atoms with Crippen molar-refractivity contribution in [1.82, 2.24) is 5.32 Å². The summed E-state index contributed by atoms with van der Waals surface area (Å²) in [7, 11) is 1.53. The Balaban J connectivity index is 1.71. The van der Waals surface area contributed by atoms with Crippen LogP contribution in [0.1, 0.15) is 25.0 Å². The van der Waals surface area contributed by atoms with Crippen LogP contribution < -0.4 is 19.9 Å². The summed E-state index contributed by atoms with van der Waals surface area (Å²) in [5, 5.41) is 11.6. The Bertz CT molecular complexity index is 1290. The molecule has 12 heteroatoms. The first-order valence-corrected chi connectivity index (χ1v) is 11.7. The van der Waals surface area contributed by atoms with Gasteiger partial charge in [0.25, 0.3) is 11.8 Å². The molecule has 1 fully saturated rings. The molecule has 2 aliphatic heterocycles. The van der Waals surface area contributed by atoms with Crippen LogP contribution >= 0.6 is 24.0 Å². The van der Waals surface area contributed by atoms with Crippen LogP contribution in [0, 0.1) is 11.3 Å². The molecule has 0 saturated carbocycles. The normalized spacial score (nSPS) is 19.2. The van der Waals surface area contributed by atoms with Crippen molar-refractivity contribution in [2.75, 3.05) is 22.6 Å². The van der Waals surface area contributed by atoms with Crippen molar-refractivity contribution in [3.63, 3.8) is 0 Å². The van der Waals surface area contributed by atoms with E-state index in [0.717, 1.165) is 21.9 Å². The summed E-state index contributed by atoms with van der Waals surface area (Å²) >= 11 is 6.98. The maximum absolute atomic E-state index is 13.5. The number of hydrogen-bond acceptors (Lipinski definition) is 6. The van der Waals surface area contributed by atoms with E-state index in [2.05, 4.69) is 5.32 Å². The molecule has 1 saturated heterocycles. The van der Waals surface area contributed by atoms with E-state index in [9.17, 15) is 22.8 Å². The van der Waals surface area contributed by atoms with Crippen LogP contribution in [-0.4, -0.2) is 41.4 Å². The largest absolute Gasteiger partial charge is 0.479 e. The number of thioether (sulfide) groups is 1. The molecule has 1 N–H and O–H groups in total. The Hall–Kier alpha value is -3.30. The van der Waals surface area contributed by atoms with E-state index in [-0.39, 0.29) is 16.7 Å². The SMILES string of the molecule is CNC(=O)[C@H]1CSc2cc(N3C(=S)N(c4ccc(C#N)c(C(F)(F)F)c4)C(=O)C3(C)C)ccc2O1. The fourth-order valence-electron chi connectivity index (χ4n) is 3.95. The second-order valence-corrected chi connectivity index (χ2v) is 9.75. The summed E-state index contributed by atoms with van der Waals surface area (Å²) in [6.07, 6.45) is -5.41. The number of carbonyl (C=O) groups is 2. The smallest absolute Gasteiger partial charge is 0.417 e. The van der Waals surface area contributed by atoms with Crippen LogP contribution in [-0.2, 0) is 15.8 Å². The first kappa shape index (κ1) is 24.8. The highest BCUT2D eigenvalue weighted by molar-refractivity contribution is 7.99. The molecule has 2 amide bonds. The van der Waals surface area contributed by atoms with Gasteiger partial charge in [-0.25, -0.2) is 0 Å². The number of nitrogens with zero attached hydrogens (tertiary/aromatic N) is 3. The minimum atomic E-state index is -4.77. The molecule has 0 unspecified atom stereocenters. The van der Waals surface area contributed by atoms with Crippen LogP contribution in [0.5, 0.6) is 5.75 Å². The second-order valence-electron chi connectivity index (χ2n) is 8.32. The van der Waals surface area contributed by atoms with Crippen molar-refractivity contribution in [2.45, 2.75) is 36.6 Å². The molecule has 0 aromatic heterocycles. The minimum absolute atomic E-state index is 0.00254. The molecule has 1 atom stereocenters. The summed E-state index contributed by atoms with van der Waals surface area (Å²) in [5.41, 5.74) is -2.42. The Labute approximate surface area is 208 Å². The zero-order chi connectivity index (χ0) is 25.7. The van der Waals surface area contributed by atoms with Gasteiger partial charge in [-0.05, 0) is 62.5 Å². The number of carbonyl (C=O) groups excluding carboxylic acids is 2. The number of ether oxygens (including phenoxy) is 1. The van der Waals surface area contributed by atoms with E-state index < -0.39 is 34.9 Å². The van der Waals surface area contributed by atoms with Crippen molar-refractivity contribution in [1.29, 1.82) is 5.26 Å². The molecule has 2 aliphatic rings. The lowest BCUT2D eigenvalue weighted by molar-refractivity contribution is -0.137. The lowest BCUT2D eigenvalue weighted by atomic mass is 10.0. The number of halogens is 3. The minimum Gasteiger partial charge on any atom is -0.479 e. The average molecular weight is 521 g/mol. The maximum Gasteiger partial charge on any atom is 0.417 e. The highest BCUT2D eigenvalue weighted by atomic mass is 32.2. The zero-order valence-corrected chi connectivity index (χ0v) is 20.4. The predicted molar refractivity (Wildman–Crippen MR) is 128 cm³/mol. The molecule has 182 valence electrons. The van der Waals surface area contributed by atoms with Crippen LogP contribution in [0.25, 0.3) is 0 Å². The number of anilines is 2. The van der Waals surface area contributed by atoms with Gasteiger partial charge in [0.15, 0.2) is 11.2 Å². The van der Waals surface area contributed by atoms with Gasteiger partial charge >= 0.3 is 6.18 Å². The molecular formula is C23H19F3N4O3S2. The first-order chi connectivity index (χ1) is 16.4. The Morgan fingerprint density at radius 1 is 1.26 bits per heavy atom. The van der Waals surface area contributed by atoms with Gasteiger partial charge in [-0.15, -0.1) is 11.8 Å². The van der Waals surface area contributed by atoms with Crippen molar-refractivity contribution < 1.29 is 27.5 Å². The third-order valence-electron chi connectivity index (χ3n) is 5.74. The number of thiocarbonyl (C=S) groups is 1. The first-order valence-electron chi connectivity index (χ1n) is 10.4. The van der Waals surface area contributed by atoms with Crippen LogP contribution in [0.3, 0.4) is 0 Å². The van der Waals surface area contributed by atoms with E-state index >= 15 is 0 Å². The van der Waals surface area contributed by atoms with Gasteiger partial charge in [0, 0.05) is 18.5 Å². The van der Waals surface area contributed by atoms with Gasteiger partial charge in [-0.2, -0.15) is 18.4 Å².